The molecule has 2 N–H and O–H groups in total. The Hall–Kier alpha value is -2.30. The Kier molecular flexibility index (Phi) is 4.25. The zero-order chi connectivity index (χ0) is 18.4. The number of aromatic nitrogens is 1. The Balaban J connectivity index is 1.57. The quantitative estimate of drug-likeness (QED) is 0.914. The number of rotatable bonds is 3. The van der Waals surface area contributed by atoms with Crippen LogP contribution in [0.25, 0.3) is 10.9 Å². The molecule has 5 heteroatoms. The SMILES string of the molecule is Cc1cc(N)c2c(OC3CC4CCC(C3)N4C(=O)C(C)C)cccc2n1. The van der Waals surface area contributed by atoms with Gasteiger partial charge in [0.05, 0.1) is 10.9 Å². The second-order valence-corrected chi connectivity index (χ2v) is 8.00. The maximum absolute atomic E-state index is 12.5. The van der Waals surface area contributed by atoms with Crippen molar-refractivity contribution in [3.8, 4) is 5.75 Å². The van der Waals surface area contributed by atoms with Crippen molar-refractivity contribution in [2.75, 3.05) is 5.73 Å². The first kappa shape index (κ1) is 17.1. The highest BCUT2D eigenvalue weighted by Crippen LogP contribution is 2.39. The highest BCUT2D eigenvalue weighted by Gasteiger charge is 2.44. The number of amides is 1. The molecule has 2 unspecified atom stereocenters. The molecule has 1 aromatic carbocycles. The summed E-state index contributed by atoms with van der Waals surface area (Å²) in [5.41, 5.74) is 8.74. The van der Waals surface area contributed by atoms with E-state index in [-0.39, 0.29) is 17.9 Å². The number of nitrogens with zero attached hydrogens (tertiary/aromatic N) is 2. The monoisotopic (exact) mass is 353 g/mol. The number of piperidine rings is 1. The Morgan fingerprint density at radius 2 is 1.96 bits per heavy atom. The molecule has 1 aromatic heterocycles. The van der Waals surface area contributed by atoms with Gasteiger partial charge in [-0.1, -0.05) is 19.9 Å². The maximum atomic E-state index is 12.5. The smallest absolute Gasteiger partial charge is 0.225 e. The number of hydrogen-bond acceptors (Lipinski definition) is 4. The van der Waals surface area contributed by atoms with Gasteiger partial charge < -0.3 is 15.4 Å². The molecule has 0 radical (unpaired) electrons. The molecule has 2 saturated heterocycles. The Labute approximate surface area is 154 Å². The van der Waals surface area contributed by atoms with E-state index in [1.165, 1.54) is 0 Å². The van der Waals surface area contributed by atoms with Crippen molar-refractivity contribution >= 4 is 22.5 Å². The summed E-state index contributed by atoms with van der Waals surface area (Å²) in [6.07, 6.45) is 4.08. The number of hydrogen-bond donors (Lipinski definition) is 1. The lowest BCUT2D eigenvalue weighted by Crippen LogP contribution is -2.50. The van der Waals surface area contributed by atoms with Crippen molar-refractivity contribution < 1.29 is 9.53 Å². The molecular weight excluding hydrogens is 326 g/mol. The largest absolute Gasteiger partial charge is 0.489 e. The van der Waals surface area contributed by atoms with Gasteiger partial charge in [-0.25, -0.2) is 0 Å². The van der Waals surface area contributed by atoms with Crippen LogP contribution in [0.5, 0.6) is 5.75 Å². The molecule has 0 spiro atoms. The normalized spacial score (nSPS) is 25.1. The molecule has 2 atom stereocenters. The van der Waals surface area contributed by atoms with Crippen molar-refractivity contribution in [3.05, 3.63) is 30.0 Å². The predicted molar refractivity (Wildman–Crippen MR) is 103 cm³/mol. The van der Waals surface area contributed by atoms with E-state index in [1.54, 1.807) is 0 Å². The van der Waals surface area contributed by atoms with Crippen molar-refractivity contribution in [1.29, 1.82) is 0 Å². The predicted octanol–water partition coefficient (Wildman–Crippen LogP) is 3.68. The van der Waals surface area contributed by atoms with E-state index in [0.717, 1.165) is 48.0 Å². The topological polar surface area (TPSA) is 68.5 Å². The zero-order valence-corrected chi connectivity index (χ0v) is 15.7. The van der Waals surface area contributed by atoms with E-state index < -0.39 is 0 Å². The lowest BCUT2D eigenvalue weighted by atomic mass is 9.97. The minimum absolute atomic E-state index is 0.0581. The third-order valence-corrected chi connectivity index (χ3v) is 5.69. The summed E-state index contributed by atoms with van der Waals surface area (Å²) in [5.74, 6) is 1.15. The average Bonchev–Trinajstić information content (AvgIpc) is 2.84. The molecule has 5 nitrogen and oxygen atoms in total. The number of pyridine rings is 1. The molecule has 2 fully saturated rings. The number of fused-ring (bicyclic) bond motifs is 3. The number of nitrogens with two attached hydrogens (primary N) is 1. The van der Waals surface area contributed by atoms with Gasteiger partial charge in [0.1, 0.15) is 11.9 Å². The van der Waals surface area contributed by atoms with Crippen LogP contribution in [0.3, 0.4) is 0 Å². The van der Waals surface area contributed by atoms with Crippen LogP contribution >= 0.6 is 0 Å². The van der Waals surface area contributed by atoms with Gasteiger partial charge in [0.25, 0.3) is 0 Å². The number of aryl methyl sites for hydroxylation is 1. The van der Waals surface area contributed by atoms with E-state index in [0.29, 0.717) is 17.8 Å². The van der Waals surface area contributed by atoms with Crippen LogP contribution in [0.15, 0.2) is 24.3 Å². The number of anilines is 1. The van der Waals surface area contributed by atoms with Crippen LogP contribution in [0, 0.1) is 12.8 Å². The van der Waals surface area contributed by atoms with E-state index in [9.17, 15) is 4.79 Å². The van der Waals surface area contributed by atoms with Crippen LogP contribution in [0.4, 0.5) is 5.69 Å². The third kappa shape index (κ3) is 2.89. The third-order valence-electron chi connectivity index (χ3n) is 5.69. The number of benzene rings is 1. The van der Waals surface area contributed by atoms with E-state index in [4.69, 9.17) is 10.5 Å². The molecule has 26 heavy (non-hydrogen) atoms. The molecule has 2 aliphatic rings. The minimum atomic E-state index is 0.0581. The van der Waals surface area contributed by atoms with Gasteiger partial charge in [-0.05, 0) is 38.0 Å². The molecule has 4 rings (SSSR count). The minimum Gasteiger partial charge on any atom is -0.489 e. The van der Waals surface area contributed by atoms with Crippen LogP contribution < -0.4 is 10.5 Å². The standard InChI is InChI=1S/C21H27N3O2/c1-12(2)21(25)24-14-7-8-15(24)11-16(10-14)26-19-6-4-5-18-20(19)17(22)9-13(3)23-18/h4-6,9,12,14-16H,7-8,10-11H2,1-3H3,(H2,22,23). The van der Waals surface area contributed by atoms with Crippen molar-refractivity contribution in [3.63, 3.8) is 0 Å². The lowest BCUT2D eigenvalue weighted by molar-refractivity contribution is -0.140. The molecule has 2 aliphatic heterocycles. The van der Waals surface area contributed by atoms with Crippen molar-refractivity contribution in [2.24, 2.45) is 5.92 Å². The second kappa shape index (κ2) is 6.45. The first-order valence-electron chi connectivity index (χ1n) is 9.58. The first-order chi connectivity index (χ1) is 12.4. The molecule has 2 bridgehead atoms. The van der Waals surface area contributed by atoms with E-state index in [1.807, 2.05) is 45.0 Å². The molecule has 1 amide bonds. The summed E-state index contributed by atoms with van der Waals surface area (Å²) >= 11 is 0. The number of carbonyl (C=O) groups is 1. The average molecular weight is 353 g/mol. The van der Waals surface area contributed by atoms with Crippen LogP contribution in [0.2, 0.25) is 0 Å². The number of carbonyl (C=O) groups excluding carboxylic acids is 1. The zero-order valence-electron chi connectivity index (χ0n) is 15.7. The van der Waals surface area contributed by atoms with Gasteiger partial charge in [-0.15, -0.1) is 0 Å². The molecule has 3 heterocycles. The Morgan fingerprint density at radius 1 is 1.27 bits per heavy atom. The summed E-state index contributed by atoms with van der Waals surface area (Å²) < 4.78 is 6.40. The maximum Gasteiger partial charge on any atom is 0.225 e. The first-order valence-corrected chi connectivity index (χ1v) is 9.58. The van der Waals surface area contributed by atoms with E-state index >= 15 is 0 Å². The van der Waals surface area contributed by atoms with Gasteiger partial charge in [0.15, 0.2) is 0 Å². The van der Waals surface area contributed by atoms with Crippen LogP contribution in [-0.4, -0.2) is 34.0 Å². The fraction of sp³-hybridized carbons (Fsp3) is 0.524. The molecular formula is C21H27N3O2. The summed E-state index contributed by atoms with van der Waals surface area (Å²) in [4.78, 5) is 19.2. The fourth-order valence-electron chi connectivity index (χ4n) is 4.58. The summed E-state index contributed by atoms with van der Waals surface area (Å²) in [7, 11) is 0. The van der Waals surface area contributed by atoms with Crippen LogP contribution in [0.1, 0.15) is 45.2 Å². The van der Waals surface area contributed by atoms with E-state index in [2.05, 4.69) is 9.88 Å². The van der Waals surface area contributed by atoms with Crippen molar-refractivity contribution in [1.82, 2.24) is 9.88 Å². The highest BCUT2D eigenvalue weighted by molar-refractivity contribution is 5.95. The second-order valence-electron chi connectivity index (χ2n) is 8.00. The molecule has 0 saturated carbocycles. The highest BCUT2D eigenvalue weighted by atomic mass is 16.5. The summed E-state index contributed by atoms with van der Waals surface area (Å²) in [5, 5.41) is 0.895. The molecule has 2 aromatic rings. The van der Waals surface area contributed by atoms with Gasteiger partial charge in [0, 0.05) is 42.2 Å². The summed E-state index contributed by atoms with van der Waals surface area (Å²) in [6, 6.07) is 8.42. The number of nitrogen functional groups attached to an aromatic ring is 1. The molecule has 0 aliphatic carbocycles. The Bertz CT molecular complexity index is 835. The van der Waals surface area contributed by atoms with Gasteiger partial charge in [-0.3, -0.25) is 9.78 Å². The Morgan fingerprint density at radius 3 is 2.62 bits per heavy atom. The summed E-state index contributed by atoms with van der Waals surface area (Å²) in [6.45, 7) is 5.92. The van der Waals surface area contributed by atoms with Gasteiger partial charge >= 0.3 is 0 Å². The lowest BCUT2D eigenvalue weighted by Gasteiger charge is -2.40. The molecule has 138 valence electrons. The van der Waals surface area contributed by atoms with Gasteiger partial charge in [0.2, 0.25) is 5.91 Å². The van der Waals surface area contributed by atoms with Crippen LogP contribution in [-0.2, 0) is 4.79 Å². The fourth-order valence-corrected chi connectivity index (χ4v) is 4.58. The van der Waals surface area contributed by atoms with Gasteiger partial charge in [-0.2, -0.15) is 0 Å². The van der Waals surface area contributed by atoms with Crippen molar-refractivity contribution in [2.45, 2.75) is 64.6 Å². The number of ether oxygens (including phenoxy) is 1.